The van der Waals surface area contributed by atoms with Crippen LogP contribution in [0.5, 0.6) is 0 Å². The van der Waals surface area contributed by atoms with Crippen molar-refractivity contribution < 1.29 is 0 Å². The van der Waals surface area contributed by atoms with Crippen LogP contribution >= 0.6 is 11.3 Å². The van der Waals surface area contributed by atoms with Gasteiger partial charge in [-0.1, -0.05) is 173 Å². The summed E-state index contributed by atoms with van der Waals surface area (Å²) in [6.45, 7) is 11.7. The molecule has 2 aliphatic rings. The van der Waals surface area contributed by atoms with Gasteiger partial charge in [-0.25, -0.2) is 0 Å². The minimum absolute atomic E-state index is 0.126. The molecule has 69 heavy (non-hydrogen) atoms. The number of nitrogens with zero attached hydrogens (tertiary/aromatic N) is 1. The number of fused-ring (bicyclic) bond motifs is 12. The second-order valence-corrected chi connectivity index (χ2v) is 21.6. The number of thiophene rings is 1. The van der Waals surface area contributed by atoms with Crippen molar-refractivity contribution in [2.75, 3.05) is 4.90 Å². The standard InChI is InChI=1S/C67H49NS/c1-40-22-30-49-51-32-29-47(39-61(51)67(4,5)59(49)34-40)68(46-28-31-50-48-16-10-12-20-58(48)66(2,3)60(50)38-46)45-26-23-41(24-27-45)64-53-18-8-9-19-54(53)65(57-36-43-15-7-6-14-42(43)35-56(57)64)44-25-33-63-55(37-44)52-17-11-13-21-62(52)69-63/h6-39H,1-5H3. The van der Waals surface area contributed by atoms with Crippen LogP contribution in [0.4, 0.5) is 17.1 Å². The fraction of sp³-hybridized carbons (Fsp3) is 0.104. The van der Waals surface area contributed by atoms with Gasteiger partial charge in [-0.05, 0) is 173 Å². The molecule has 0 saturated carbocycles. The first kappa shape index (κ1) is 40.3. The molecule has 11 aromatic carbocycles. The van der Waals surface area contributed by atoms with Gasteiger partial charge in [0.2, 0.25) is 0 Å². The van der Waals surface area contributed by atoms with Gasteiger partial charge in [0, 0.05) is 48.1 Å². The van der Waals surface area contributed by atoms with E-state index in [0.717, 1.165) is 17.1 Å². The molecule has 0 radical (unpaired) electrons. The fourth-order valence-electron chi connectivity index (χ4n) is 12.4. The smallest absolute Gasteiger partial charge is 0.0465 e. The molecule has 0 spiro atoms. The van der Waals surface area contributed by atoms with Gasteiger partial charge < -0.3 is 4.90 Å². The Hall–Kier alpha value is -7.78. The predicted octanol–water partition coefficient (Wildman–Crippen LogP) is 19.2. The van der Waals surface area contributed by atoms with Gasteiger partial charge in [0.1, 0.15) is 0 Å². The molecular weight excluding hydrogens is 851 g/mol. The Labute approximate surface area is 407 Å². The topological polar surface area (TPSA) is 3.24 Å². The third-order valence-electron chi connectivity index (χ3n) is 15.9. The van der Waals surface area contributed by atoms with Gasteiger partial charge in [-0.3, -0.25) is 0 Å². The van der Waals surface area contributed by atoms with Gasteiger partial charge >= 0.3 is 0 Å². The van der Waals surface area contributed by atoms with E-state index in [0.29, 0.717) is 0 Å². The lowest BCUT2D eigenvalue weighted by molar-refractivity contribution is 0.659. The summed E-state index contributed by atoms with van der Waals surface area (Å²) in [5.41, 5.74) is 20.4. The van der Waals surface area contributed by atoms with E-state index in [1.807, 2.05) is 11.3 Å². The Morgan fingerprint density at radius 3 is 1.48 bits per heavy atom. The van der Waals surface area contributed by atoms with Crippen LogP contribution in [-0.2, 0) is 10.8 Å². The molecule has 0 atom stereocenters. The molecule has 0 saturated heterocycles. The highest BCUT2D eigenvalue weighted by molar-refractivity contribution is 7.25. The Bertz CT molecular complexity index is 4150. The van der Waals surface area contributed by atoms with E-state index >= 15 is 0 Å². The molecule has 1 aromatic heterocycles. The highest BCUT2D eigenvalue weighted by Crippen LogP contribution is 2.54. The summed E-state index contributed by atoms with van der Waals surface area (Å²) in [4.78, 5) is 2.49. The Balaban J connectivity index is 0.968. The van der Waals surface area contributed by atoms with Crippen molar-refractivity contribution in [2.45, 2.75) is 45.4 Å². The van der Waals surface area contributed by atoms with Crippen molar-refractivity contribution in [3.8, 4) is 44.5 Å². The van der Waals surface area contributed by atoms with E-state index in [4.69, 9.17) is 0 Å². The number of rotatable bonds is 5. The first-order valence-corrected chi connectivity index (χ1v) is 25.1. The van der Waals surface area contributed by atoms with Crippen LogP contribution in [0.25, 0.3) is 97.0 Å². The summed E-state index contributed by atoms with van der Waals surface area (Å²) >= 11 is 1.88. The Kier molecular flexibility index (Phi) is 8.54. The van der Waals surface area contributed by atoms with E-state index in [1.165, 1.54) is 125 Å². The first-order valence-electron chi connectivity index (χ1n) is 24.3. The van der Waals surface area contributed by atoms with Crippen LogP contribution in [0.15, 0.2) is 206 Å². The summed E-state index contributed by atoms with van der Waals surface area (Å²) in [5.74, 6) is 0. The largest absolute Gasteiger partial charge is 0.310 e. The zero-order chi connectivity index (χ0) is 46.3. The van der Waals surface area contributed by atoms with Gasteiger partial charge in [0.15, 0.2) is 0 Å². The lowest BCUT2D eigenvalue weighted by atomic mass is 9.81. The molecule has 12 aromatic rings. The van der Waals surface area contributed by atoms with Crippen LogP contribution in [-0.4, -0.2) is 0 Å². The van der Waals surface area contributed by atoms with E-state index in [-0.39, 0.29) is 10.8 Å². The van der Waals surface area contributed by atoms with Crippen molar-refractivity contribution in [3.05, 3.63) is 234 Å². The SMILES string of the molecule is Cc1ccc2c(c1)C(C)(C)c1cc(N(c3ccc(-c4c5ccccc5c(-c5ccc6sc7ccccc7c6c5)c5cc6ccccc6cc45)cc3)c3ccc4c(c3)C(C)(C)c3ccccc3-4)ccc1-2. The van der Waals surface area contributed by atoms with E-state index in [1.54, 1.807) is 0 Å². The van der Waals surface area contributed by atoms with Gasteiger partial charge in [-0.15, -0.1) is 11.3 Å². The molecule has 0 aliphatic heterocycles. The minimum atomic E-state index is -0.133. The molecule has 0 fully saturated rings. The Morgan fingerprint density at radius 2 is 0.812 bits per heavy atom. The molecule has 328 valence electrons. The molecule has 0 unspecified atom stereocenters. The zero-order valence-electron chi connectivity index (χ0n) is 39.5. The second kappa shape index (κ2) is 14.6. The third-order valence-corrected chi connectivity index (χ3v) is 17.0. The molecule has 2 heteroatoms. The molecule has 2 aliphatic carbocycles. The number of hydrogen-bond donors (Lipinski definition) is 0. The van der Waals surface area contributed by atoms with Crippen LogP contribution in [0.3, 0.4) is 0 Å². The van der Waals surface area contributed by atoms with Crippen LogP contribution in [0, 0.1) is 6.92 Å². The molecule has 0 N–H and O–H groups in total. The van der Waals surface area contributed by atoms with Crippen molar-refractivity contribution in [1.29, 1.82) is 0 Å². The molecule has 1 heterocycles. The molecule has 0 amide bonds. The molecule has 14 rings (SSSR count). The minimum Gasteiger partial charge on any atom is -0.310 e. The van der Waals surface area contributed by atoms with Gasteiger partial charge in [0.05, 0.1) is 0 Å². The predicted molar refractivity (Wildman–Crippen MR) is 297 cm³/mol. The number of anilines is 3. The van der Waals surface area contributed by atoms with E-state index < -0.39 is 0 Å². The normalized spacial score (nSPS) is 14.1. The van der Waals surface area contributed by atoms with Gasteiger partial charge in [-0.2, -0.15) is 0 Å². The Morgan fingerprint density at radius 1 is 0.333 bits per heavy atom. The van der Waals surface area contributed by atoms with Crippen LogP contribution < -0.4 is 4.90 Å². The lowest BCUT2D eigenvalue weighted by Gasteiger charge is -2.30. The number of hydrogen-bond acceptors (Lipinski definition) is 2. The lowest BCUT2D eigenvalue weighted by Crippen LogP contribution is -2.18. The maximum absolute atomic E-state index is 2.49. The average molecular weight is 900 g/mol. The quantitative estimate of drug-likeness (QED) is 0.156. The average Bonchev–Trinajstić information content (AvgIpc) is 3.94. The summed E-state index contributed by atoms with van der Waals surface area (Å²) in [6.07, 6.45) is 0. The van der Waals surface area contributed by atoms with Crippen molar-refractivity contribution in [2.24, 2.45) is 0 Å². The number of benzene rings is 11. The maximum Gasteiger partial charge on any atom is 0.0465 e. The fourth-order valence-corrected chi connectivity index (χ4v) is 13.5. The van der Waals surface area contributed by atoms with Crippen molar-refractivity contribution >= 4 is 80.9 Å². The molecular formula is C67H49NS. The summed E-state index contributed by atoms with van der Waals surface area (Å²) < 4.78 is 2.65. The zero-order valence-corrected chi connectivity index (χ0v) is 40.3. The summed E-state index contributed by atoms with van der Waals surface area (Å²) in [6, 6.07) is 78.4. The van der Waals surface area contributed by atoms with E-state index in [2.05, 4.69) is 246 Å². The van der Waals surface area contributed by atoms with Gasteiger partial charge in [0.25, 0.3) is 0 Å². The summed E-state index contributed by atoms with van der Waals surface area (Å²) in [7, 11) is 0. The second-order valence-electron chi connectivity index (χ2n) is 20.5. The van der Waals surface area contributed by atoms with E-state index in [9.17, 15) is 0 Å². The summed E-state index contributed by atoms with van der Waals surface area (Å²) in [5, 5.41) is 10.2. The highest BCUT2D eigenvalue weighted by Gasteiger charge is 2.38. The third kappa shape index (κ3) is 5.89. The molecule has 0 bridgehead atoms. The molecule has 1 nitrogen and oxygen atoms in total. The monoisotopic (exact) mass is 899 g/mol. The van der Waals surface area contributed by atoms with Crippen molar-refractivity contribution in [1.82, 2.24) is 0 Å². The van der Waals surface area contributed by atoms with Crippen LogP contribution in [0.1, 0.15) is 55.5 Å². The highest BCUT2D eigenvalue weighted by atomic mass is 32.1. The van der Waals surface area contributed by atoms with Crippen LogP contribution in [0.2, 0.25) is 0 Å². The maximum atomic E-state index is 2.49. The van der Waals surface area contributed by atoms with Crippen molar-refractivity contribution in [3.63, 3.8) is 0 Å². The first-order chi connectivity index (χ1) is 33.6. The number of aryl methyl sites for hydroxylation is 1.